The molecule has 0 saturated heterocycles. The van der Waals surface area contributed by atoms with Crippen molar-refractivity contribution < 1.29 is 0 Å². The first kappa shape index (κ1) is 9.59. The van der Waals surface area contributed by atoms with E-state index < -0.39 is 0 Å². The molecule has 0 fully saturated rings. The minimum Gasteiger partial charge on any atom is -0.398 e. The predicted molar refractivity (Wildman–Crippen MR) is 65.8 cm³/mol. The zero-order valence-corrected chi connectivity index (χ0v) is 8.70. The summed E-state index contributed by atoms with van der Waals surface area (Å²) in [5.41, 5.74) is 10.1. The summed E-state index contributed by atoms with van der Waals surface area (Å²) >= 11 is 0. The first-order valence-electron chi connectivity index (χ1n) is 4.94. The van der Waals surface area contributed by atoms with Crippen LogP contribution in [0.2, 0.25) is 0 Å². The molecule has 0 amide bonds. The molecule has 2 aromatic carbocycles. The average molecular weight is 198 g/mol. The molecule has 0 atom stereocenters. The molecule has 2 aromatic rings. The molecule has 15 heavy (non-hydrogen) atoms. The third kappa shape index (κ3) is 1.79. The Balaban J connectivity index is 2.61. The lowest BCUT2D eigenvalue weighted by Gasteiger charge is -2.11. The molecule has 3 N–H and O–H groups in total. The van der Waals surface area contributed by atoms with E-state index in [-0.39, 0.29) is 0 Å². The van der Waals surface area contributed by atoms with Gasteiger partial charge in [0.1, 0.15) is 0 Å². The van der Waals surface area contributed by atoms with Gasteiger partial charge in [0.05, 0.1) is 0 Å². The highest BCUT2D eigenvalue weighted by molar-refractivity contribution is 5.87. The fraction of sp³-hybridized carbons (Fsp3) is 0.0769. The van der Waals surface area contributed by atoms with E-state index in [9.17, 15) is 0 Å². The van der Waals surface area contributed by atoms with Gasteiger partial charge >= 0.3 is 0 Å². The second kappa shape index (κ2) is 4.05. The maximum Gasteiger partial charge on any atom is 0.0438 e. The molecule has 0 aromatic heterocycles. The van der Waals surface area contributed by atoms with E-state index in [0.717, 1.165) is 22.5 Å². The summed E-state index contributed by atoms with van der Waals surface area (Å²) in [5.74, 6) is 0. The summed E-state index contributed by atoms with van der Waals surface area (Å²) in [7, 11) is 1.90. The van der Waals surface area contributed by atoms with Crippen LogP contribution in [0.1, 0.15) is 0 Å². The van der Waals surface area contributed by atoms with Gasteiger partial charge in [-0.25, -0.2) is 0 Å². The van der Waals surface area contributed by atoms with Crippen molar-refractivity contribution in [3.63, 3.8) is 0 Å². The maximum absolute atomic E-state index is 5.99. The molecule has 0 saturated carbocycles. The van der Waals surface area contributed by atoms with E-state index in [0.29, 0.717) is 0 Å². The van der Waals surface area contributed by atoms with E-state index in [4.69, 9.17) is 5.73 Å². The number of nitrogens with two attached hydrogens (primary N) is 1. The third-order valence-electron chi connectivity index (χ3n) is 2.43. The van der Waals surface area contributed by atoms with E-state index in [1.54, 1.807) is 0 Å². The van der Waals surface area contributed by atoms with Crippen LogP contribution in [0.5, 0.6) is 0 Å². The first-order valence-corrected chi connectivity index (χ1v) is 4.94. The maximum atomic E-state index is 5.99. The first-order chi connectivity index (χ1) is 7.33. The molecule has 0 aliphatic heterocycles. The quantitative estimate of drug-likeness (QED) is 0.728. The summed E-state index contributed by atoms with van der Waals surface area (Å²) in [5, 5.41) is 3.15. The van der Waals surface area contributed by atoms with Crippen molar-refractivity contribution in [2.45, 2.75) is 0 Å². The molecule has 0 spiro atoms. The van der Waals surface area contributed by atoms with Crippen molar-refractivity contribution in [1.29, 1.82) is 0 Å². The summed E-state index contributed by atoms with van der Waals surface area (Å²) in [6.45, 7) is 0. The number of anilines is 2. The van der Waals surface area contributed by atoms with Crippen molar-refractivity contribution in [1.82, 2.24) is 0 Å². The molecule has 2 heteroatoms. The number of rotatable bonds is 2. The average Bonchev–Trinajstić information content (AvgIpc) is 2.29. The van der Waals surface area contributed by atoms with Crippen molar-refractivity contribution >= 4 is 11.4 Å². The Morgan fingerprint density at radius 1 is 0.933 bits per heavy atom. The van der Waals surface area contributed by atoms with Crippen LogP contribution in [-0.4, -0.2) is 7.05 Å². The van der Waals surface area contributed by atoms with Gasteiger partial charge in [0.2, 0.25) is 0 Å². The molecule has 0 aliphatic carbocycles. The Labute approximate surface area is 89.7 Å². The zero-order chi connectivity index (χ0) is 10.7. The molecule has 76 valence electrons. The second-order valence-electron chi connectivity index (χ2n) is 3.39. The van der Waals surface area contributed by atoms with E-state index in [2.05, 4.69) is 17.4 Å². The molecule has 0 aliphatic rings. The number of hydrogen-bond acceptors (Lipinski definition) is 2. The molecular weight excluding hydrogens is 184 g/mol. The number of hydrogen-bond donors (Lipinski definition) is 2. The standard InChI is InChI=1S/C13H14N2/c1-15-12-9-5-8-11(14)13(12)10-6-3-2-4-7-10/h2-9,15H,14H2,1H3. The number of nitrogens with one attached hydrogen (secondary N) is 1. The van der Waals surface area contributed by atoms with Gasteiger partial charge in [-0.3, -0.25) is 0 Å². The number of benzene rings is 2. The van der Waals surface area contributed by atoms with E-state index in [1.807, 2.05) is 43.4 Å². The van der Waals surface area contributed by atoms with Crippen LogP contribution in [0.25, 0.3) is 11.1 Å². The van der Waals surface area contributed by atoms with Gasteiger partial charge < -0.3 is 11.1 Å². The van der Waals surface area contributed by atoms with Crippen molar-refractivity contribution in [2.24, 2.45) is 0 Å². The van der Waals surface area contributed by atoms with Gasteiger partial charge in [-0.1, -0.05) is 36.4 Å². The van der Waals surface area contributed by atoms with Gasteiger partial charge in [-0.15, -0.1) is 0 Å². The van der Waals surface area contributed by atoms with Gasteiger partial charge in [0.15, 0.2) is 0 Å². The predicted octanol–water partition coefficient (Wildman–Crippen LogP) is 2.98. The summed E-state index contributed by atoms with van der Waals surface area (Å²) in [6, 6.07) is 16.1. The van der Waals surface area contributed by atoms with E-state index >= 15 is 0 Å². The molecule has 0 heterocycles. The normalized spacial score (nSPS) is 9.93. The second-order valence-corrected chi connectivity index (χ2v) is 3.39. The van der Waals surface area contributed by atoms with Crippen LogP contribution in [0.15, 0.2) is 48.5 Å². The van der Waals surface area contributed by atoms with Crippen LogP contribution in [-0.2, 0) is 0 Å². The fourth-order valence-electron chi connectivity index (χ4n) is 1.71. The Morgan fingerprint density at radius 2 is 1.67 bits per heavy atom. The third-order valence-corrected chi connectivity index (χ3v) is 2.43. The van der Waals surface area contributed by atoms with Crippen molar-refractivity contribution in [2.75, 3.05) is 18.1 Å². The molecule has 0 bridgehead atoms. The smallest absolute Gasteiger partial charge is 0.0438 e. The van der Waals surface area contributed by atoms with Crippen LogP contribution in [0.3, 0.4) is 0 Å². The number of nitrogen functional groups attached to an aromatic ring is 1. The Kier molecular flexibility index (Phi) is 2.59. The topological polar surface area (TPSA) is 38.0 Å². The Bertz CT molecular complexity index is 449. The van der Waals surface area contributed by atoms with Gasteiger partial charge in [0, 0.05) is 24.0 Å². The van der Waals surface area contributed by atoms with Gasteiger partial charge in [0.25, 0.3) is 0 Å². The minimum atomic E-state index is 0.799. The fourth-order valence-corrected chi connectivity index (χ4v) is 1.71. The highest BCUT2D eigenvalue weighted by Gasteiger charge is 2.06. The van der Waals surface area contributed by atoms with Gasteiger partial charge in [-0.05, 0) is 17.7 Å². The molecule has 0 unspecified atom stereocenters. The van der Waals surface area contributed by atoms with Crippen LogP contribution >= 0.6 is 0 Å². The monoisotopic (exact) mass is 198 g/mol. The minimum absolute atomic E-state index is 0.799. The summed E-state index contributed by atoms with van der Waals surface area (Å²) in [4.78, 5) is 0. The lowest BCUT2D eigenvalue weighted by Crippen LogP contribution is -1.96. The highest BCUT2D eigenvalue weighted by Crippen LogP contribution is 2.32. The Hall–Kier alpha value is -1.96. The molecule has 2 nitrogen and oxygen atoms in total. The summed E-state index contributed by atoms with van der Waals surface area (Å²) < 4.78 is 0. The summed E-state index contributed by atoms with van der Waals surface area (Å²) in [6.07, 6.45) is 0. The van der Waals surface area contributed by atoms with Crippen LogP contribution < -0.4 is 11.1 Å². The zero-order valence-electron chi connectivity index (χ0n) is 8.70. The van der Waals surface area contributed by atoms with E-state index in [1.165, 1.54) is 0 Å². The van der Waals surface area contributed by atoms with Crippen molar-refractivity contribution in [3.8, 4) is 11.1 Å². The molecule has 2 rings (SSSR count). The lowest BCUT2D eigenvalue weighted by atomic mass is 10.0. The van der Waals surface area contributed by atoms with Crippen LogP contribution in [0, 0.1) is 0 Å². The largest absolute Gasteiger partial charge is 0.398 e. The lowest BCUT2D eigenvalue weighted by molar-refractivity contribution is 1.50. The SMILES string of the molecule is CNc1cccc(N)c1-c1ccccc1. The molecule has 0 radical (unpaired) electrons. The molecular formula is C13H14N2. The van der Waals surface area contributed by atoms with Crippen molar-refractivity contribution in [3.05, 3.63) is 48.5 Å². The Morgan fingerprint density at radius 3 is 2.33 bits per heavy atom. The van der Waals surface area contributed by atoms with Crippen LogP contribution in [0.4, 0.5) is 11.4 Å². The van der Waals surface area contributed by atoms with Gasteiger partial charge in [-0.2, -0.15) is 0 Å². The highest BCUT2D eigenvalue weighted by atomic mass is 14.8.